The summed E-state index contributed by atoms with van der Waals surface area (Å²) < 4.78 is 17.5. The van der Waals surface area contributed by atoms with Crippen molar-refractivity contribution in [3.8, 4) is 0 Å². The number of nitrogens with one attached hydrogen (secondary N) is 1. The molecule has 3 rings (SSSR count). The van der Waals surface area contributed by atoms with Crippen molar-refractivity contribution in [2.75, 3.05) is 11.1 Å². The molecule has 0 spiro atoms. The van der Waals surface area contributed by atoms with E-state index in [9.17, 15) is 0 Å². The molecule has 0 aliphatic carbocycles. The van der Waals surface area contributed by atoms with Gasteiger partial charge in [-0.1, -0.05) is 44.4 Å². The number of anilines is 3. The molecular formula is C25H35FN4. The molecule has 4 nitrogen and oxygen atoms in total. The Hall–Kier alpha value is -2.56. The van der Waals surface area contributed by atoms with Crippen LogP contribution in [0.2, 0.25) is 0 Å². The Morgan fingerprint density at radius 1 is 1.00 bits per heavy atom. The van der Waals surface area contributed by atoms with E-state index < -0.39 is 0 Å². The summed E-state index contributed by atoms with van der Waals surface area (Å²) in [5, 5.41) is 3.49. The molecule has 5 heteroatoms. The van der Waals surface area contributed by atoms with Crippen molar-refractivity contribution < 1.29 is 4.39 Å². The van der Waals surface area contributed by atoms with Crippen LogP contribution in [-0.4, -0.2) is 9.55 Å². The monoisotopic (exact) mass is 410 g/mol. The van der Waals surface area contributed by atoms with Crippen molar-refractivity contribution in [3.63, 3.8) is 0 Å². The summed E-state index contributed by atoms with van der Waals surface area (Å²) in [5.74, 6) is 0.533. The number of aromatic nitrogens is 2. The van der Waals surface area contributed by atoms with E-state index in [0.717, 1.165) is 48.0 Å². The fourth-order valence-electron chi connectivity index (χ4n) is 4.34. The van der Waals surface area contributed by atoms with Gasteiger partial charge in [-0.2, -0.15) is 0 Å². The summed E-state index contributed by atoms with van der Waals surface area (Å²) in [6.07, 6.45) is 5.20. The number of aryl methyl sites for hydroxylation is 5. The molecule has 0 fully saturated rings. The third kappa shape index (κ3) is 4.03. The molecule has 0 radical (unpaired) electrons. The lowest BCUT2D eigenvalue weighted by atomic mass is 9.97. The van der Waals surface area contributed by atoms with E-state index in [1.165, 1.54) is 5.56 Å². The topological polar surface area (TPSA) is 55.9 Å². The van der Waals surface area contributed by atoms with Crippen molar-refractivity contribution in [3.05, 3.63) is 45.8 Å². The molecule has 0 unspecified atom stereocenters. The van der Waals surface area contributed by atoms with Gasteiger partial charge in [0.1, 0.15) is 5.82 Å². The number of benzene rings is 2. The van der Waals surface area contributed by atoms with Crippen molar-refractivity contribution in [1.82, 2.24) is 9.55 Å². The Kier molecular flexibility index (Phi) is 6.69. The summed E-state index contributed by atoms with van der Waals surface area (Å²) >= 11 is 0. The third-order valence-electron chi connectivity index (χ3n) is 5.97. The first-order valence-electron chi connectivity index (χ1n) is 11.1. The summed E-state index contributed by atoms with van der Waals surface area (Å²) in [7, 11) is 1.96. The first-order valence-corrected chi connectivity index (χ1v) is 11.1. The van der Waals surface area contributed by atoms with Crippen molar-refractivity contribution in [1.29, 1.82) is 0 Å². The number of unbranched alkanes of at least 4 members (excludes halogenated alkanes) is 2. The highest BCUT2D eigenvalue weighted by molar-refractivity contribution is 5.94. The molecule has 0 amide bonds. The first-order chi connectivity index (χ1) is 14.3. The van der Waals surface area contributed by atoms with Crippen LogP contribution in [0, 0.1) is 26.6 Å². The van der Waals surface area contributed by atoms with E-state index >= 15 is 4.39 Å². The predicted octanol–water partition coefficient (Wildman–Crippen LogP) is 6.65. The molecule has 162 valence electrons. The number of nitrogen functional groups attached to an aromatic ring is 1. The molecule has 0 saturated heterocycles. The minimum atomic E-state index is -0.158. The van der Waals surface area contributed by atoms with Gasteiger partial charge < -0.3 is 15.6 Å². The number of rotatable bonds is 8. The van der Waals surface area contributed by atoms with Crippen LogP contribution < -0.4 is 11.1 Å². The standard InChI is InChI=1S/C25H35FN4/c1-7-9-11-18-20(26)19(12-10-8-2)23-24(21(18)27)30(6)25(29-23)28-22-16(4)13-15(3)14-17(22)5/h13-14H,7-12,27H2,1-6H3,(H,28,29). The SMILES string of the molecule is CCCCc1c(F)c(CCCC)c2nc(Nc3c(C)cc(C)cc3C)n(C)c2c1N. The zero-order valence-electron chi connectivity index (χ0n) is 19.2. The van der Waals surface area contributed by atoms with Crippen molar-refractivity contribution >= 4 is 28.4 Å². The minimum absolute atomic E-state index is 0.158. The fraction of sp³-hybridized carbons (Fsp3) is 0.480. The molecule has 1 aromatic heterocycles. The van der Waals surface area contributed by atoms with Gasteiger partial charge in [-0.15, -0.1) is 0 Å². The maximum Gasteiger partial charge on any atom is 0.208 e. The van der Waals surface area contributed by atoms with Crippen molar-refractivity contribution in [2.24, 2.45) is 7.05 Å². The quantitative estimate of drug-likeness (QED) is 0.409. The summed E-state index contributed by atoms with van der Waals surface area (Å²) in [6.45, 7) is 10.5. The molecular weight excluding hydrogens is 375 g/mol. The fourth-order valence-corrected chi connectivity index (χ4v) is 4.34. The molecule has 0 atom stereocenters. The summed E-state index contributed by atoms with van der Waals surface area (Å²) in [4.78, 5) is 4.84. The lowest BCUT2D eigenvalue weighted by Crippen LogP contribution is -2.07. The van der Waals surface area contributed by atoms with Gasteiger partial charge in [-0.05, 0) is 57.6 Å². The Balaban J connectivity index is 2.19. The molecule has 30 heavy (non-hydrogen) atoms. The van der Waals surface area contributed by atoms with E-state index in [2.05, 4.69) is 52.1 Å². The number of fused-ring (bicyclic) bond motifs is 1. The van der Waals surface area contributed by atoms with Gasteiger partial charge in [0, 0.05) is 23.9 Å². The predicted molar refractivity (Wildman–Crippen MR) is 126 cm³/mol. The largest absolute Gasteiger partial charge is 0.397 e. The Morgan fingerprint density at radius 2 is 1.57 bits per heavy atom. The first kappa shape index (κ1) is 22.1. The van der Waals surface area contributed by atoms with E-state index in [4.69, 9.17) is 10.7 Å². The molecule has 0 bridgehead atoms. The smallest absolute Gasteiger partial charge is 0.208 e. The third-order valence-corrected chi connectivity index (χ3v) is 5.97. The van der Waals surface area contributed by atoms with E-state index in [-0.39, 0.29) is 5.82 Å². The Bertz CT molecular complexity index is 1040. The van der Waals surface area contributed by atoms with Crippen molar-refractivity contribution in [2.45, 2.75) is 73.1 Å². The average molecular weight is 411 g/mol. The molecule has 2 aromatic carbocycles. The van der Waals surface area contributed by atoms with Gasteiger partial charge in [0.05, 0.1) is 16.7 Å². The van der Waals surface area contributed by atoms with Crippen LogP contribution in [0.4, 0.5) is 21.7 Å². The number of hydrogen-bond acceptors (Lipinski definition) is 3. The zero-order chi connectivity index (χ0) is 22.0. The van der Waals surface area contributed by atoms with E-state index in [1.54, 1.807) is 0 Å². The second kappa shape index (κ2) is 9.07. The van der Waals surface area contributed by atoms with Gasteiger partial charge in [0.15, 0.2) is 0 Å². The number of nitrogens with two attached hydrogens (primary N) is 1. The second-order valence-corrected chi connectivity index (χ2v) is 8.48. The number of halogens is 1. The van der Waals surface area contributed by atoms with E-state index in [1.807, 2.05) is 11.6 Å². The van der Waals surface area contributed by atoms with Gasteiger partial charge in [-0.25, -0.2) is 9.37 Å². The van der Waals surface area contributed by atoms with Gasteiger partial charge in [0.2, 0.25) is 5.95 Å². The Labute approximate surface area is 179 Å². The van der Waals surface area contributed by atoms with Gasteiger partial charge >= 0.3 is 0 Å². The number of imidazole rings is 1. The lowest BCUT2D eigenvalue weighted by Gasteiger charge is -2.15. The van der Waals surface area contributed by atoms with Gasteiger partial charge in [-0.3, -0.25) is 0 Å². The highest BCUT2D eigenvalue weighted by atomic mass is 19.1. The molecule has 0 aliphatic heterocycles. The lowest BCUT2D eigenvalue weighted by molar-refractivity contribution is 0.585. The average Bonchev–Trinajstić information content (AvgIpc) is 3.01. The van der Waals surface area contributed by atoms with Crippen LogP contribution >= 0.6 is 0 Å². The van der Waals surface area contributed by atoms with Crippen LogP contribution in [0.5, 0.6) is 0 Å². The number of hydrogen-bond donors (Lipinski definition) is 2. The molecule has 0 saturated carbocycles. The Morgan fingerprint density at radius 3 is 2.13 bits per heavy atom. The molecule has 3 N–H and O–H groups in total. The normalized spacial score (nSPS) is 11.4. The molecule has 1 heterocycles. The maximum atomic E-state index is 15.5. The van der Waals surface area contributed by atoms with E-state index in [0.29, 0.717) is 41.1 Å². The maximum absolute atomic E-state index is 15.5. The van der Waals surface area contributed by atoms with Crippen LogP contribution in [0.3, 0.4) is 0 Å². The molecule has 0 aliphatic rings. The zero-order valence-corrected chi connectivity index (χ0v) is 19.2. The van der Waals surface area contributed by atoms with Crippen LogP contribution in [0.1, 0.15) is 67.3 Å². The highest BCUT2D eigenvalue weighted by Gasteiger charge is 2.23. The van der Waals surface area contributed by atoms with Crippen LogP contribution in [0.25, 0.3) is 11.0 Å². The minimum Gasteiger partial charge on any atom is -0.397 e. The number of nitrogens with zero attached hydrogens (tertiary/aromatic N) is 2. The summed E-state index contributed by atoms with van der Waals surface area (Å²) in [6, 6.07) is 4.31. The van der Waals surface area contributed by atoms with Crippen LogP contribution in [-0.2, 0) is 19.9 Å². The molecule has 3 aromatic rings. The van der Waals surface area contributed by atoms with Gasteiger partial charge in [0.25, 0.3) is 0 Å². The highest BCUT2D eigenvalue weighted by Crippen LogP contribution is 2.36. The summed E-state index contributed by atoms with van der Waals surface area (Å²) in [5.41, 5.74) is 14.5. The second-order valence-electron chi connectivity index (χ2n) is 8.48. The van der Waals surface area contributed by atoms with Crippen LogP contribution in [0.15, 0.2) is 12.1 Å².